The molecule has 0 saturated carbocycles. The standard InChI is InChI=1S/C28H28ClF2N5O6/c1-4-18-11-17(12-22(30)24(18)31)14-35-26(33-20(13-29)8-9-21(5-2)42-16-23(37)41-3)34-27(39)36(28(35)40)15-19-7-6-10-32-25(19)38/h4,6-12H,1,5,13-16H2,2-3H3,(H,32,38)(H,33,34,39)/b20-8+,21-9+. The predicted octanol–water partition coefficient (Wildman–Crippen LogP) is 3.13. The number of aromatic amines is 1. The Balaban J connectivity index is 2.10. The highest BCUT2D eigenvalue weighted by molar-refractivity contribution is 6.19. The first-order valence-corrected chi connectivity index (χ1v) is 13.1. The van der Waals surface area contributed by atoms with Crippen molar-refractivity contribution in [2.75, 3.05) is 24.9 Å². The van der Waals surface area contributed by atoms with Crippen LogP contribution in [0.15, 0.2) is 75.0 Å². The first-order chi connectivity index (χ1) is 20.1. The summed E-state index contributed by atoms with van der Waals surface area (Å²) in [4.78, 5) is 56.6. The van der Waals surface area contributed by atoms with Crippen molar-refractivity contribution in [1.29, 1.82) is 0 Å². The number of hydrogen-bond donors (Lipinski definition) is 2. The van der Waals surface area contributed by atoms with Crippen molar-refractivity contribution in [3.8, 4) is 0 Å². The largest absolute Gasteiger partial charge is 0.486 e. The molecule has 0 saturated heterocycles. The molecule has 0 aliphatic heterocycles. The number of halogens is 3. The Kier molecular flexibility index (Phi) is 11.1. The number of nitrogens with one attached hydrogen (secondary N) is 2. The molecule has 0 unspecified atom stereocenters. The van der Waals surface area contributed by atoms with E-state index in [-0.39, 0.29) is 47.4 Å². The third kappa shape index (κ3) is 7.91. The van der Waals surface area contributed by atoms with E-state index in [2.05, 4.69) is 26.6 Å². The number of carbonyl (C=O) groups is 1. The van der Waals surface area contributed by atoms with Crippen molar-refractivity contribution in [2.45, 2.75) is 26.4 Å². The Morgan fingerprint density at radius 2 is 1.95 bits per heavy atom. The molecule has 0 atom stereocenters. The predicted molar refractivity (Wildman–Crippen MR) is 153 cm³/mol. The lowest BCUT2D eigenvalue weighted by atomic mass is 10.1. The summed E-state index contributed by atoms with van der Waals surface area (Å²) in [6.45, 7) is 4.22. The number of pyridine rings is 1. The van der Waals surface area contributed by atoms with E-state index < -0.39 is 41.1 Å². The molecule has 3 aromatic rings. The Hall–Kier alpha value is -4.78. The molecule has 3 rings (SSSR count). The van der Waals surface area contributed by atoms with Crippen LogP contribution in [-0.2, 0) is 27.4 Å². The van der Waals surface area contributed by atoms with Crippen LogP contribution in [0.5, 0.6) is 0 Å². The molecule has 0 spiro atoms. The van der Waals surface area contributed by atoms with Gasteiger partial charge in [0.1, 0.15) is 0 Å². The van der Waals surface area contributed by atoms with Gasteiger partial charge in [-0.25, -0.2) is 27.7 Å². The van der Waals surface area contributed by atoms with Gasteiger partial charge >= 0.3 is 17.3 Å². The van der Waals surface area contributed by atoms with Gasteiger partial charge in [0.15, 0.2) is 18.2 Å². The zero-order valence-electron chi connectivity index (χ0n) is 22.8. The van der Waals surface area contributed by atoms with Gasteiger partial charge in [-0.15, -0.1) is 11.6 Å². The minimum absolute atomic E-state index is 0.123. The third-order valence-corrected chi connectivity index (χ3v) is 6.18. The molecular weight excluding hydrogens is 576 g/mol. The number of nitrogens with zero attached hydrogens (tertiary/aromatic N) is 3. The van der Waals surface area contributed by atoms with E-state index in [9.17, 15) is 28.0 Å². The fourth-order valence-corrected chi connectivity index (χ4v) is 3.84. The summed E-state index contributed by atoms with van der Waals surface area (Å²) < 4.78 is 40.1. The van der Waals surface area contributed by atoms with Crippen LogP contribution in [0.1, 0.15) is 30.0 Å². The monoisotopic (exact) mass is 603 g/mol. The molecule has 11 nitrogen and oxygen atoms in total. The molecule has 0 radical (unpaired) electrons. The van der Waals surface area contributed by atoms with Gasteiger partial charge in [-0.3, -0.25) is 9.36 Å². The van der Waals surface area contributed by atoms with E-state index in [1.54, 1.807) is 6.92 Å². The second kappa shape index (κ2) is 14.7. The van der Waals surface area contributed by atoms with E-state index in [1.807, 2.05) is 0 Å². The number of carbonyl (C=O) groups excluding carboxylic acids is 1. The van der Waals surface area contributed by atoms with E-state index in [4.69, 9.17) is 16.3 Å². The number of allylic oxidation sites excluding steroid dienone is 4. The minimum atomic E-state index is -1.16. The fourth-order valence-electron chi connectivity index (χ4n) is 3.68. The highest BCUT2D eigenvalue weighted by atomic mass is 35.5. The Morgan fingerprint density at radius 3 is 2.60 bits per heavy atom. The van der Waals surface area contributed by atoms with Crippen LogP contribution in [0.25, 0.3) is 6.08 Å². The van der Waals surface area contributed by atoms with Gasteiger partial charge in [-0.05, 0) is 35.9 Å². The Bertz CT molecular complexity index is 1710. The number of methoxy groups -OCH3 is 1. The molecule has 0 fully saturated rings. The molecule has 2 N–H and O–H groups in total. The number of ether oxygens (including phenoxy) is 2. The number of aromatic nitrogens is 4. The molecule has 0 bridgehead atoms. The molecule has 0 amide bonds. The highest BCUT2D eigenvalue weighted by Gasteiger charge is 2.17. The summed E-state index contributed by atoms with van der Waals surface area (Å²) in [7, 11) is 1.23. The molecular formula is C28H28ClF2N5O6. The quantitative estimate of drug-likeness (QED) is 0.132. The van der Waals surface area contributed by atoms with Crippen LogP contribution >= 0.6 is 11.6 Å². The van der Waals surface area contributed by atoms with E-state index >= 15 is 0 Å². The van der Waals surface area contributed by atoms with Crippen molar-refractivity contribution in [2.24, 2.45) is 0 Å². The summed E-state index contributed by atoms with van der Waals surface area (Å²) in [5.41, 5.74) is -1.93. The van der Waals surface area contributed by atoms with Crippen molar-refractivity contribution in [3.63, 3.8) is 0 Å². The summed E-state index contributed by atoms with van der Waals surface area (Å²) in [6, 6.07) is 5.18. The van der Waals surface area contributed by atoms with Crippen molar-refractivity contribution in [1.82, 2.24) is 19.1 Å². The molecule has 1 aromatic carbocycles. The van der Waals surface area contributed by atoms with Gasteiger partial charge < -0.3 is 19.8 Å². The zero-order chi connectivity index (χ0) is 30.8. The number of hydrogen-bond acceptors (Lipinski definition) is 8. The minimum Gasteiger partial charge on any atom is -0.486 e. The molecule has 0 aliphatic rings. The number of alkyl halides is 1. The molecule has 14 heteroatoms. The van der Waals surface area contributed by atoms with Crippen LogP contribution in [0.4, 0.5) is 14.7 Å². The van der Waals surface area contributed by atoms with Gasteiger partial charge in [0.25, 0.3) is 5.56 Å². The Morgan fingerprint density at radius 1 is 1.19 bits per heavy atom. The average molecular weight is 604 g/mol. The van der Waals surface area contributed by atoms with Crippen LogP contribution in [0.3, 0.4) is 0 Å². The lowest BCUT2D eigenvalue weighted by Gasteiger charge is -2.17. The van der Waals surface area contributed by atoms with Crippen LogP contribution in [0.2, 0.25) is 0 Å². The number of benzene rings is 1. The zero-order valence-corrected chi connectivity index (χ0v) is 23.5. The highest BCUT2D eigenvalue weighted by Crippen LogP contribution is 2.18. The number of esters is 1. The second-order valence-electron chi connectivity index (χ2n) is 8.68. The number of H-pyrrole nitrogens is 1. The summed E-state index contributed by atoms with van der Waals surface area (Å²) in [6.07, 6.45) is 5.98. The van der Waals surface area contributed by atoms with Crippen LogP contribution < -0.4 is 22.3 Å². The van der Waals surface area contributed by atoms with E-state index in [0.717, 1.165) is 21.3 Å². The molecule has 42 heavy (non-hydrogen) atoms. The first kappa shape index (κ1) is 31.7. The molecule has 222 valence electrons. The maximum atomic E-state index is 14.3. The van der Waals surface area contributed by atoms with Crippen molar-refractivity contribution >= 4 is 29.6 Å². The Labute approximate surface area is 243 Å². The van der Waals surface area contributed by atoms with Crippen LogP contribution in [0, 0.1) is 11.6 Å². The molecule has 2 heterocycles. The van der Waals surface area contributed by atoms with Crippen molar-refractivity contribution in [3.05, 3.63) is 120 Å². The van der Waals surface area contributed by atoms with E-state index in [1.165, 1.54) is 43.7 Å². The summed E-state index contributed by atoms with van der Waals surface area (Å²) >= 11 is 6.11. The average Bonchev–Trinajstić information content (AvgIpc) is 2.98. The fraction of sp³-hybridized carbons (Fsp3) is 0.250. The number of rotatable bonds is 13. The number of anilines is 1. The summed E-state index contributed by atoms with van der Waals surface area (Å²) in [5, 5.41) is 2.83. The lowest BCUT2D eigenvalue weighted by Crippen LogP contribution is -2.43. The van der Waals surface area contributed by atoms with Crippen molar-refractivity contribution < 1.29 is 23.0 Å². The summed E-state index contributed by atoms with van der Waals surface area (Å²) in [5.74, 6) is -2.80. The third-order valence-electron chi connectivity index (χ3n) is 5.89. The van der Waals surface area contributed by atoms with Gasteiger partial charge in [0, 0.05) is 29.4 Å². The molecule has 0 aliphatic carbocycles. The van der Waals surface area contributed by atoms with Crippen LogP contribution in [-0.4, -0.2) is 44.7 Å². The van der Waals surface area contributed by atoms with Gasteiger partial charge in [-0.1, -0.05) is 25.6 Å². The van der Waals surface area contributed by atoms with E-state index in [0.29, 0.717) is 12.2 Å². The lowest BCUT2D eigenvalue weighted by molar-refractivity contribution is -0.144. The topological polar surface area (TPSA) is 137 Å². The normalized spacial score (nSPS) is 11.7. The maximum Gasteiger partial charge on any atom is 0.355 e. The van der Waals surface area contributed by atoms with Gasteiger partial charge in [0.2, 0.25) is 5.95 Å². The van der Waals surface area contributed by atoms with Gasteiger partial charge in [-0.2, -0.15) is 4.98 Å². The SMILES string of the molecule is C=Cc1cc(Cn2c(N/C(=C/C=C(\CC)OCC(=O)OC)CCl)nc(=O)n(Cc3ccc[nH]c3=O)c2=O)cc(F)c1F. The maximum absolute atomic E-state index is 14.3. The smallest absolute Gasteiger partial charge is 0.355 e. The van der Waals surface area contributed by atoms with Gasteiger partial charge in [0.05, 0.1) is 31.8 Å². The molecule has 2 aromatic heterocycles. The first-order valence-electron chi connectivity index (χ1n) is 12.5. The second-order valence-corrected chi connectivity index (χ2v) is 8.95.